The molecule has 106 valence electrons. The van der Waals surface area contributed by atoms with Crippen LogP contribution in [-0.4, -0.2) is 8.42 Å². The highest BCUT2D eigenvalue weighted by molar-refractivity contribution is 9.10. The Kier molecular flexibility index (Phi) is 4.64. The quantitative estimate of drug-likeness (QED) is 0.789. The molecule has 0 fully saturated rings. The van der Waals surface area contributed by atoms with Gasteiger partial charge in [0.25, 0.3) is 0 Å². The maximum atomic E-state index is 12.4. The molecule has 0 aliphatic carbocycles. The van der Waals surface area contributed by atoms with E-state index >= 15 is 0 Å². The van der Waals surface area contributed by atoms with Gasteiger partial charge in [-0.15, -0.1) is 0 Å². The molecule has 0 amide bonds. The predicted molar refractivity (Wildman–Crippen MR) is 85.9 cm³/mol. The summed E-state index contributed by atoms with van der Waals surface area (Å²) in [6.07, 6.45) is 0. The smallest absolute Gasteiger partial charge is 0.184 e. The first-order valence-electron chi connectivity index (χ1n) is 5.51. The topological polar surface area (TPSA) is 60.2 Å². The Morgan fingerprint density at radius 3 is 2.40 bits per heavy atom. The van der Waals surface area contributed by atoms with Gasteiger partial charge in [0.15, 0.2) is 9.84 Å². The second-order valence-electron chi connectivity index (χ2n) is 4.18. The Bertz CT molecular complexity index is 763. The van der Waals surface area contributed by atoms with Crippen LogP contribution in [0.1, 0.15) is 5.56 Å². The first-order valence-corrected chi connectivity index (χ1v) is 8.71. The zero-order valence-electron chi connectivity index (χ0n) is 10.1. The molecule has 2 N–H and O–H groups in total. The fourth-order valence-corrected chi connectivity index (χ4v) is 4.17. The van der Waals surface area contributed by atoms with E-state index in [1.165, 1.54) is 12.1 Å². The molecule has 7 heteroatoms. The van der Waals surface area contributed by atoms with Gasteiger partial charge in [0, 0.05) is 14.5 Å². The molecule has 0 radical (unpaired) electrons. The van der Waals surface area contributed by atoms with Crippen LogP contribution in [0.4, 0.5) is 5.69 Å². The first kappa shape index (κ1) is 15.6. The van der Waals surface area contributed by atoms with E-state index in [2.05, 4.69) is 15.9 Å². The minimum absolute atomic E-state index is 0.0896. The van der Waals surface area contributed by atoms with E-state index in [4.69, 9.17) is 28.9 Å². The Morgan fingerprint density at radius 2 is 1.80 bits per heavy atom. The summed E-state index contributed by atoms with van der Waals surface area (Å²) in [6, 6.07) is 9.36. The molecule has 0 aliphatic rings. The van der Waals surface area contributed by atoms with Crippen molar-refractivity contribution in [1.29, 1.82) is 0 Å². The standard InChI is InChI=1S/C13H10BrCl2NO2S/c14-9-2-4-13(12(17)5-9)20(18,19)7-8-1-3-10(15)6-11(8)16/h1-6H,7,17H2. The maximum Gasteiger partial charge on any atom is 0.184 e. The van der Waals surface area contributed by atoms with Crippen molar-refractivity contribution in [3.8, 4) is 0 Å². The zero-order valence-corrected chi connectivity index (χ0v) is 14.0. The molecule has 20 heavy (non-hydrogen) atoms. The number of rotatable bonds is 3. The predicted octanol–water partition coefficient (Wildman–Crippen LogP) is 4.31. The lowest BCUT2D eigenvalue weighted by molar-refractivity contribution is 0.595. The van der Waals surface area contributed by atoms with E-state index in [9.17, 15) is 8.42 Å². The highest BCUT2D eigenvalue weighted by Gasteiger charge is 2.20. The molecule has 2 aromatic carbocycles. The van der Waals surface area contributed by atoms with Crippen LogP contribution in [0, 0.1) is 0 Å². The third kappa shape index (κ3) is 3.47. The summed E-state index contributed by atoms with van der Waals surface area (Å²) in [5.41, 5.74) is 6.44. The van der Waals surface area contributed by atoms with Gasteiger partial charge in [-0.05, 0) is 35.9 Å². The van der Waals surface area contributed by atoms with Gasteiger partial charge in [-0.2, -0.15) is 0 Å². The average molecular weight is 395 g/mol. The molecule has 0 aliphatic heterocycles. The van der Waals surface area contributed by atoms with Crippen molar-refractivity contribution in [1.82, 2.24) is 0 Å². The molecule has 0 heterocycles. The lowest BCUT2D eigenvalue weighted by atomic mass is 10.2. The molecular formula is C13H10BrCl2NO2S. The third-order valence-corrected chi connectivity index (χ3v) is 5.48. The molecular weight excluding hydrogens is 385 g/mol. The Hall–Kier alpha value is -0.750. The first-order chi connectivity index (χ1) is 9.29. The fraction of sp³-hybridized carbons (Fsp3) is 0.0769. The summed E-state index contributed by atoms with van der Waals surface area (Å²) in [6.45, 7) is 0. The van der Waals surface area contributed by atoms with E-state index in [0.29, 0.717) is 15.6 Å². The van der Waals surface area contributed by atoms with Crippen LogP contribution in [0.3, 0.4) is 0 Å². The van der Waals surface area contributed by atoms with Gasteiger partial charge >= 0.3 is 0 Å². The number of hydrogen-bond acceptors (Lipinski definition) is 3. The van der Waals surface area contributed by atoms with Crippen molar-refractivity contribution in [3.05, 3.63) is 56.5 Å². The second-order valence-corrected chi connectivity index (χ2v) is 7.89. The SMILES string of the molecule is Nc1cc(Br)ccc1S(=O)(=O)Cc1ccc(Cl)cc1Cl. The number of hydrogen-bond donors (Lipinski definition) is 1. The molecule has 0 bridgehead atoms. The van der Waals surface area contributed by atoms with Crippen LogP contribution in [0.5, 0.6) is 0 Å². The van der Waals surface area contributed by atoms with E-state index in [1.54, 1.807) is 24.3 Å². The van der Waals surface area contributed by atoms with Gasteiger partial charge in [0.1, 0.15) is 0 Å². The Balaban J connectivity index is 2.41. The van der Waals surface area contributed by atoms with Gasteiger partial charge in [-0.25, -0.2) is 8.42 Å². The Labute approximate surface area is 135 Å². The summed E-state index contributed by atoms with van der Waals surface area (Å²) in [4.78, 5) is 0.0896. The average Bonchev–Trinajstić information content (AvgIpc) is 2.32. The molecule has 0 saturated carbocycles. The lowest BCUT2D eigenvalue weighted by Gasteiger charge is -2.09. The van der Waals surface area contributed by atoms with Crippen molar-refractivity contribution in [3.63, 3.8) is 0 Å². The molecule has 3 nitrogen and oxygen atoms in total. The highest BCUT2D eigenvalue weighted by atomic mass is 79.9. The molecule has 0 spiro atoms. The summed E-state index contributed by atoms with van der Waals surface area (Å²) < 4.78 is 25.5. The normalized spacial score (nSPS) is 11.6. The minimum atomic E-state index is -3.57. The van der Waals surface area contributed by atoms with Gasteiger partial charge in [-0.3, -0.25) is 0 Å². The van der Waals surface area contributed by atoms with Crippen LogP contribution in [-0.2, 0) is 15.6 Å². The van der Waals surface area contributed by atoms with Gasteiger partial charge in [-0.1, -0.05) is 45.2 Å². The zero-order chi connectivity index (χ0) is 14.9. The van der Waals surface area contributed by atoms with E-state index in [1.807, 2.05) is 0 Å². The van der Waals surface area contributed by atoms with Crippen molar-refractivity contribution >= 4 is 54.7 Å². The van der Waals surface area contributed by atoms with Crippen molar-refractivity contribution in [2.75, 3.05) is 5.73 Å². The summed E-state index contributed by atoms with van der Waals surface area (Å²) >= 11 is 15.0. The molecule has 0 unspecified atom stereocenters. The van der Waals surface area contributed by atoms with Crippen molar-refractivity contribution < 1.29 is 8.42 Å². The molecule has 0 saturated heterocycles. The van der Waals surface area contributed by atoms with Crippen LogP contribution >= 0.6 is 39.1 Å². The van der Waals surface area contributed by atoms with Gasteiger partial charge in [0.2, 0.25) is 0 Å². The number of sulfone groups is 1. The number of nitrogens with two attached hydrogens (primary N) is 1. The third-order valence-electron chi connectivity index (χ3n) is 2.67. The largest absolute Gasteiger partial charge is 0.398 e. The monoisotopic (exact) mass is 393 g/mol. The molecule has 2 aromatic rings. The maximum absolute atomic E-state index is 12.4. The molecule has 2 rings (SSSR count). The fourth-order valence-electron chi connectivity index (χ4n) is 1.72. The van der Waals surface area contributed by atoms with Crippen molar-refractivity contribution in [2.24, 2.45) is 0 Å². The Morgan fingerprint density at radius 1 is 1.10 bits per heavy atom. The van der Waals surface area contributed by atoms with Crippen LogP contribution < -0.4 is 5.73 Å². The summed E-state index contributed by atoms with van der Waals surface area (Å²) in [5, 5.41) is 0.774. The van der Waals surface area contributed by atoms with Crippen LogP contribution in [0.25, 0.3) is 0 Å². The number of anilines is 1. The summed E-state index contributed by atoms with van der Waals surface area (Å²) in [7, 11) is -3.57. The van der Waals surface area contributed by atoms with E-state index < -0.39 is 9.84 Å². The van der Waals surface area contributed by atoms with Crippen LogP contribution in [0.15, 0.2) is 45.8 Å². The van der Waals surface area contributed by atoms with Crippen molar-refractivity contribution in [2.45, 2.75) is 10.6 Å². The van der Waals surface area contributed by atoms with Gasteiger partial charge < -0.3 is 5.73 Å². The summed E-state index contributed by atoms with van der Waals surface area (Å²) in [5.74, 6) is -0.227. The van der Waals surface area contributed by atoms with Crippen LogP contribution in [0.2, 0.25) is 10.0 Å². The van der Waals surface area contributed by atoms with Gasteiger partial charge in [0.05, 0.1) is 16.3 Å². The van der Waals surface area contributed by atoms with E-state index in [-0.39, 0.29) is 16.3 Å². The number of nitrogen functional groups attached to an aromatic ring is 1. The second kappa shape index (κ2) is 5.93. The number of benzene rings is 2. The molecule has 0 atom stereocenters. The minimum Gasteiger partial charge on any atom is -0.398 e. The highest BCUT2D eigenvalue weighted by Crippen LogP contribution is 2.28. The number of halogens is 3. The van der Waals surface area contributed by atoms with E-state index in [0.717, 1.165) is 4.47 Å². The molecule has 0 aromatic heterocycles. The lowest BCUT2D eigenvalue weighted by Crippen LogP contribution is -2.08.